The normalized spacial score (nSPS) is 21.1. The zero-order valence-corrected chi connectivity index (χ0v) is 13.1. The smallest absolute Gasteiger partial charge is 0.158 e. The summed E-state index contributed by atoms with van der Waals surface area (Å²) in [6.45, 7) is 2.92. The molecule has 1 aliphatic rings. The van der Waals surface area contributed by atoms with Crippen LogP contribution in [0.15, 0.2) is 22.7 Å². The maximum absolute atomic E-state index is 6.10. The number of rotatable bonds is 5. The first kappa shape index (κ1) is 14.8. The van der Waals surface area contributed by atoms with Crippen LogP contribution in [0.1, 0.15) is 44.3 Å². The number of hydrogen-bond donors (Lipinski definition) is 0. The maximum atomic E-state index is 6.10. The SMILES string of the molecule is CCC(OC1CCCCO1)c1cccc(Br)c1OC. The summed E-state index contributed by atoms with van der Waals surface area (Å²) in [4.78, 5) is 0. The largest absolute Gasteiger partial charge is 0.495 e. The average molecular weight is 329 g/mol. The summed E-state index contributed by atoms with van der Waals surface area (Å²) >= 11 is 3.52. The number of methoxy groups -OCH3 is 1. The van der Waals surface area contributed by atoms with E-state index in [2.05, 4.69) is 28.9 Å². The second kappa shape index (κ2) is 7.27. The van der Waals surface area contributed by atoms with Crippen LogP contribution < -0.4 is 4.74 Å². The summed E-state index contributed by atoms with van der Waals surface area (Å²) in [5, 5.41) is 0. The molecule has 2 atom stereocenters. The minimum atomic E-state index is -0.0811. The van der Waals surface area contributed by atoms with Crippen molar-refractivity contribution in [2.45, 2.75) is 45.0 Å². The highest BCUT2D eigenvalue weighted by Crippen LogP contribution is 2.37. The molecule has 0 radical (unpaired) electrons. The van der Waals surface area contributed by atoms with E-state index in [0.29, 0.717) is 0 Å². The van der Waals surface area contributed by atoms with Gasteiger partial charge in [0.1, 0.15) is 5.75 Å². The summed E-state index contributed by atoms with van der Waals surface area (Å²) in [5.41, 5.74) is 1.08. The van der Waals surface area contributed by atoms with Gasteiger partial charge < -0.3 is 14.2 Å². The average Bonchev–Trinajstić information content (AvgIpc) is 2.45. The second-order valence-electron chi connectivity index (χ2n) is 4.69. The van der Waals surface area contributed by atoms with Crippen molar-refractivity contribution in [3.63, 3.8) is 0 Å². The van der Waals surface area contributed by atoms with Crippen molar-refractivity contribution >= 4 is 15.9 Å². The monoisotopic (exact) mass is 328 g/mol. The van der Waals surface area contributed by atoms with Crippen LogP contribution >= 0.6 is 15.9 Å². The van der Waals surface area contributed by atoms with Crippen LogP contribution in [0.3, 0.4) is 0 Å². The molecule has 0 saturated carbocycles. The Labute approximate surface area is 123 Å². The predicted molar refractivity (Wildman–Crippen MR) is 78.4 cm³/mol. The van der Waals surface area contributed by atoms with Crippen LogP contribution in [0.5, 0.6) is 5.75 Å². The molecule has 2 rings (SSSR count). The van der Waals surface area contributed by atoms with Crippen LogP contribution in [-0.2, 0) is 9.47 Å². The first-order valence-electron chi connectivity index (χ1n) is 6.85. The van der Waals surface area contributed by atoms with Crippen molar-refractivity contribution in [1.82, 2.24) is 0 Å². The highest BCUT2D eigenvalue weighted by Gasteiger charge is 2.23. The lowest BCUT2D eigenvalue weighted by molar-refractivity contribution is -0.190. The molecular formula is C15H21BrO3. The standard InChI is InChI=1S/C15H21BrO3/c1-3-13(19-14-9-4-5-10-18-14)11-7-6-8-12(16)15(11)17-2/h6-8,13-14H,3-5,9-10H2,1-2H3. The fraction of sp³-hybridized carbons (Fsp3) is 0.600. The van der Waals surface area contributed by atoms with E-state index in [1.807, 2.05) is 12.1 Å². The van der Waals surface area contributed by atoms with E-state index in [0.717, 1.165) is 41.7 Å². The molecule has 0 spiro atoms. The first-order valence-corrected chi connectivity index (χ1v) is 7.65. The molecule has 19 heavy (non-hydrogen) atoms. The van der Waals surface area contributed by atoms with Gasteiger partial charge in [-0.1, -0.05) is 19.1 Å². The van der Waals surface area contributed by atoms with Gasteiger partial charge in [0.25, 0.3) is 0 Å². The van der Waals surface area contributed by atoms with E-state index in [1.54, 1.807) is 7.11 Å². The first-order chi connectivity index (χ1) is 9.26. The summed E-state index contributed by atoms with van der Waals surface area (Å²) in [7, 11) is 1.69. The molecule has 0 aromatic heterocycles. The molecule has 1 aromatic carbocycles. The predicted octanol–water partition coefficient (Wildman–Crippen LogP) is 4.45. The van der Waals surface area contributed by atoms with Crippen LogP contribution in [0.2, 0.25) is 0 Å². The van der Waals surface area contributed by atoms with Crippen LogP contribution in [-0.4, -0.2) is 20.0 Å². The Morgan fingerprint density at radius 3 is 2.89 bits per heavy atom. The fourth-order valence-electron chi connectivity index (χ4n) is 2.39. The molecule has 106 valence electrons. The zero-order chi connectivity index (χ0) is 13.7. The van der Waals surface area contributed by atoms with Gasteiger partial charge in [0.05, 0.1) is 17.7 Å². The van der Waals surface area contributed by atoms with Gasteiger partial charge in [-0.25, -0.2) is 0 Å². The van der Waals surface area contributed by atoms with E-state index in [9.17, 15) is 0 Å². The summed E-state index contributed by atoms with van der Waals surface area (Å²) in [6.07, 6.45) is 4.12. The van der Waals surface area contributed by atoms with Gasteiger partial charge in [-0.05, 0) is 47.7 Å². The van der Waals surface area contributed by atoms with Gasteiger partial charge in [0.2, 0.25) is 0 Å². The van der Waals surface area contributed by atoms with Gasteiger partial charge in [-0.15, -0.1) is 0 Å². The fourth-order valence-corrected chi connectivity index (χ4v) is 2.93. The van der Waals surface area contributed by atoms with Crippen molar-refractivity contribution in [2.75, 3.05) is 13.7 Å². The highest BCUT2D eigenvalue weighted by atomic mass is 79.9. The Morgan fingerprint density at radius 1 is 1.42 bits per heavy atom. The lowest BCUT2D eigenvalue weighted by Gasteiger charge is -2.28. The number of hydrogen-bond acceptors (Lipinski definition) is 3. The topological polar surface area (TPSA) is 27.7 Å². The van der Waals surface area contributed by atoms with E-state index in [4.69, 9.17) is 14.2 Å². The lowest BCUT2D eigenvalue weighted by Crippen LogP contribution is -2.24. The van der Waals surface area contributed by atoms with Crippen molar-refractivity contribution in [3.05, 3.63) is 28.2 Å². The van der Waals surface area contributed by atoms with Crippen molar-refractivity contribution in [2.24, 2.45) is 0 Å². The molecule has 2 unspecified atom stereocenters. The summed E-state index contributed by atoms with van der Waals surface area (Å²) in [6, 6.07) is 6.04. The second-order valence-corrected chi connectivity index (χ2v) is 5.55. The Kier molecular flexibility index (Phi) is 5.67. The molecule has 1 saturated heterocycles. The summed E-state index contributed by atoms with van der Waals surface area (Å²) < 4.78 is 18.2. The third-order valence-electron chi connectivity index (χ3n) is 3.37. The minimum Gasteiger partial charge on any atom is -0.495 e. The van der Waals surface area contributed by atoms with E-state index < -0.39 is 0 Å². The lowest BCUT2D eigenvalue weighted by atomic mass is 10.1. The number of para-hydroxylation sites is 1. The highest BCUT2D eigenvalue weighted by molar-refractivity contribution is 9.10. The molecule has 0 aliphatic carbocycles. The van der Waals surface area contributed by atoms with Gasteiger partial charge in [0, 0.05) is 12.2 Å². The molecule has 0 N–H and O–H groups in total. The molecule has 1 aromatic rings. The third kappa shape index (κ3) is 3.71. The van der Waals surface area contributed by atoms with Crippen LogP contribution in [0, 0.1) is 0 Å². The maximum Gasteiger partial charge on any atom is 0.158 e. The van der Waals surface area contributed by atoms with Crippen LogP contribution in [0.4, 0.5) is 0 Å². The Balaban J connectivity index is 2.14. The molecule has 1 fully saturated rings. The summed E-state index contributed by atoms with van der Waals surface area (Å²) in [5.74, 6) is 0.852. The van der Waals surface area contributed by atoms with E-state index >= 15 is 0 Å². The Morgan fingerprint density at radius 2 is 2.26 bits per heavy atom. The Hall–Kier alpha value is -0.580. The molecule has 1 aliphatic heterocycles. The zero-order valence-electron chi connectivity index (χ0n) is 11.5. The van der Waals surface area contributed by atoms with Gasteiger partial charge in [0.15, 0.2) is 6.29 Å². The Bertz CT molecular complexity index is 402. The van der Waals surface area contributed by atoms with E-state index in [1.165, 1.54) is 6.42 Å². The van der Waals surface area contributed by atoms with Crippen molar-refractivity contribution in [3.8, 4) is 5.75 Å². The number of ether oxygens (including phenoxy) is 3. The van der Waals surface area contributed by atoms with Crippen LogP contribution in [0.25, 0.3) is 0 Å². The molecule has 1 heterocycles. The molecule has 4 heteroatoms. The third-order valence-corrected chi connectivity index (χ3v) is 4.00. The van der Waals surface area contributed by atoms with Crippen molar-refractivity contribution < 1.29 is 14.2 Å². The van der Waals surface area contributed by atoms with Crippen molar-refractivity contribution in [1.29, 1.82) is 0 Å². The minimum absolute atomic E-state index is 0.00977. The van der Waals surface area contributed by atoms with Gasteiger partial charge in [-0.3, -0.25) is 0 Å². The number of halogens is 1. The quantitative estimate of drug-likeness (QED) is 0.799. The molecule has 0 amide bonds. The van der Waals surface area contributed by atoms with E-state index in [-0.39, 0.29) is 12.4 Å². The molecule has 3 nitrogen and oxygen atoms in total. The number of benzene rings is 1. The molecular weight excluding hydrogens is 308 g/mol. The van der Waals surface area contributed by atoms with Gasteiger partial charge in [-0.2, -0.15) is 0 Å². The van der Waals surface area contributed by atoms with Gasteiger partial charge >= 0.3 is 0 Å². The molecule has 0 bridgehead atoms.